The summed E-state index contributed by atoms with van der Waals surface area (Å²) in [6.07, 6.45) is 2.95. The molecule has 1 N–H and O–H groups in total. The van der Waals surface area contributed by atoms with Gasteiger partial charge in [-0.15, -0.1) is 0 Å². The topological polar surface area (TPSA) is 39.7 Å². The van der Waals surface area contributed by atoms with Gasteiger partial charge in [-0.05, 0) is 24.7 Å². The Labute approximate surface area is 120 Å². The summed E-state index contributed by atoms with van der Waals surface area (Å²) in [5.74, 6) is 1.88. The van der Waals surface area contributed by atoms with Gasteiger partial charge in [-0.25, -0.2) is 0 Å². The molecule has 20 heavy (non-hydrogen) atoms. The third-order valence-electron chi connectivity index (χ3n) is 4.35. The Morgan fingerprint density at radius 3 is 2.85 bits per heavy atom. The minimum Gasteiger partial charge on any atom is -0.497 e. The smallest absolute Gasteiger partial charge is 0.125 e. The molecule has 1 fully saturated rings. The van der Waals surface area contributed by atoms with Gasteiger partial charge in [-0.1, -0.05) is 6.92 Å². The van der Waals surface area contributed by atoms with Crippen LogP contribution in [0.4, 0.5) is 0 Å². The molecule has 0 aliphatic carbocycles. The largest absolute Gasteiger partial charge is 0.497 e. The zero-order valence-electron chi connectivity index (χ0n) is 12.3. The first-order valence-corrected chi connectivity index (χ1v) is 7.44. The van der Waals surface area contributed by atoms with Gasteiger partial charge in [0.15, 0.2) is 0 Å². The molecule has 2 heterocycles. The molecule has 1 aromatic rings. The number of benzene rings is 1. The van der Waals surface area contributed by atoms with E-state index in [1.54, 1.807) is 7.11 Å². The summed E-state index contributed by atoms with van der Waals surface area (Å²) in [6, 6.07) is 6.43. The van der Waals surface area contributed by atoms with Crippen molar-refractivity contribution >= 4 is 0 Å². The molecule has 1 spiro atoms. The third kappa shape index (κ3) is 2.50. The highest BCUT2D eigenvalue weighted by atomic mass is 16.5. The molecule has 0 bridgehead atoms. The molecule has 0 aromatic heterocycles. The maximum atomic E-state index is 6.36. The van der Waals surface area contributed by atoms with Crippen molar-refractivity contribution in [1.29, 1.82) is 0 Å². The molecule has 1 atom stereocenters. The van der Waals surface area contributed by atoms with E-state index in [1.807, 2.05) is 12.1 Å². The van der Waals surface area contributed by atoms with Crippen molar-refractivity contribution < 1.29 is 14.2 Å². The summed E-state index contributed by atoms with van der Waals surface area (Å²) in [5.41, 5.74) is 1.15. The monoisotopic (exact) mass is 277 g/mol. The Morgan fingerprint density at radius 1 is 1.35 bits per heavy atom. The lowest BCUT2D eigenvalue weighted by Gasteiger charge is -2.44. The molecule has 3 rings (SSSR count). The van der Waals surface area contributed by atoms with Crippen molar-refractivity contribution in [3.63, 3.8) is 0 Å². The molecule has 0 saturated carbocycles. The fourth-order valence-corrected chi connectivity index (χ4v) is 3.25. The molecular formula is C16H23NO3. The summed E-state index contributed by atoms with van der Waals surface area (Å²) in [5, 5.41) is 3.59. The first-order chi connectivity index (χ1) is 9.76. The number of hydrogen-bond acceptors (Lipinski definition) is 4. The Balaban J connectivity index is 1.93. The predicted molar refractivity (Wildman–Crippen MR) is 77.4 cm³/mol. The van der Waals surface area contributed by atoms with E-state index in [-0.39, 0.29) is 5.60 Å². The standard InChI is InChI=1S/C16H23NO3/c1-3-17-14-11-16(6-8-19-9-7-16)20-15-5-4-12(18-2)10-13(14)15/h4-5,10,14,17H,3,6-9,11H2,1-2H3. The lowest BCUT2D eigenvalue weighted by Crippen LogP contribution is -2.47. The van der Waals surface area contributed by atoms with Crippen LogP contribution in [-0.2, 0) is 4.74 Å². The van der Waals surface area contributed by atoms with Gasteiger partial charge in [-0.3, -0.25) is 0 Å². The minimum atomic E-state index is -0.0628. The Kier molecular flexibility index (Phi) is 3.85. The Hall–Kier alpha value is -1.26. The molecule has 4 heteroatoms. The third-order valence-corrected chi connectivity index (χ3v) is 4.35. The first-order valence-electron chi connectivity index (χ1n) is 7.44. The van der Waals surface area contributed by atoms with Crippen LogP contribution in [0.5, 0.6) is 11.5 Å². The fraction of sp³-hybridized carbons (Fsp3) is 0.625. The summed E-state index contributed by atoms with van der Waals surface area (Å²) in [4.78, 5) is 0. The lowest BCUT2D eigenvalue weighted by molar-refractivity contribution is -0.0645. The van der Waals surface area contributed by atoms with Gasteiger partial charge < -0.3 is 19.5 Å². The van der Waals surface area contributed by atoms with Crippen molar-refractivity contribution in [2.24, 2.45) is 0 Å². The Bertz CT molecular complexity index is 469. The number of methoxy groups -OCH3 is 1. The molecule has 1 aromatic carbocycles. The van der Waals surface area contributed by atoms with Gasteiger partial charge in [0.05, 0.1) is 20.3 Å². The van der Waals surface area contributed by atoms with Crippen molar-refractivity contribution in [3.8, 4) is 11.5 Å². The summed E-state index contributed by atoms with van der Waals surface area (Å²) >= 11 is 0. The summed E-state index contributed by atoms with van der Waals surface area (Å²) in [7, 11) is 1.70. The first kappa shape index (κ1) is 13.7. The summed E-state index contributed by atoms with van der Waals surface area (Å²) in [6.45, 7) is 4.69. The molecule has 2 aliphatic rings. The maximum absolute atomic E-state index is 6.36. The van der Waals surface area contributed by atoms with Crippen LogP contribution in [0, 0.1) is 0 Å². The van der Waals surface area contributed by atoms with E-state index >= 15 is 0 Å². The molecule has 0 amide bonds. The lowest BCUT2D eigenvalue weighted by atomic mass is 9.82. The van der Waals surface area contributed by atoms with Crippen LogP contribution in [0.15, 0.2) is 18.2 Å². The molecule has 2 aliphatic heterocycles. The van der Waals surface area contributed by atoms with Crippen LogP contribution in [-0.4, -0.2) is 32.5 Å². The molecule has 1 unspecified atom stereocenters. The number of hydrogen-bond donors (Lipinski definition) is 1. The molecule has 1 saturated heterocycles. The van der Waals surface area contributed by atoms with Gasteiger partial charge >= 0.3 is 0 Å². The van der Waals surface area contributed by atoms with E-state index in [9.17, 15) is 0 Å². The van der Waals surface area contributed by atoms with E-state index in [2.05, 4.69) is 18.3 Å². The number of ether oxygens (including phenoxy) is 3. The Morgan fingerprint density at radius 2 is 2.15 bits per heavy atom. The van der Waals surface area contributed by atoms with E-state index in [0.717, 1.165) is 50.5 Å². The van der Waals surface area contributed by atoms with Gasteiger partial charge in [0.1, 0.15) is 17.1 Å². The highest BCUT2D eigenvalue weighted by Crippen LogP contribution is 2.45. The van der Waals surface area contributed by atoms with E-state index in [4.69, 9.17) is 14.2 Å². The quantitative estimate of drug-likeness (QED) is 0.922. The van der Waals surface area contributed by atoms with Gasteiger partial charge in [0.25, 0.3) is 0 Å². The van der Waals surface area contributed by atoms with Crippen LogP contribution >= 0.6 is 0 Å². The van der Waals surface area contributed by atoms with Crippen LogP contribution < -0.4 is 14.8 Å². The highest BCUT2D eigenvalue weighted by Gasteiger charge is 2.42. The van der Waals surface area contributed by atoms with Crippen molar-refractivity contribution in [3.05, 3.63) is 23.8 Å². The van der Waals surface area contributed by atoms with Crippen molar-refractivity contribution in [2.45, 2.75) is 37.8 Å². The van der Waals surface area contributed by atoms with E-state index < -0.39 is 0 Å². The zero-order valence-corrected chi connectivity index (χ0v) is 12.3. The van der Waals surface area contributed by atoms with Crippen LogP contribution in [0.3, 0.4) is 0 Å². The van der Waals surface area contributed by atoms with Crippen molar-refractivity contribution in [2.75, 3.05) is 26.9 Å². The number of rotatable bonds is 3. The second-order valence-electron chi connectivity index (χ2n) is 5.62. The molecule has 4 nitrogen and oxygen atoms in total. The minimum absolute atomic E-state index is 0.0628. The van der Waals surface area contributed by atoms with E-state index in [0.29, 0.717) is 6.04 Å². The van der Waals surface area contributed by atoms with Gasteiger partial charge in [0, 0.05) is 30.9 Å². The number of fused-ring (bicyclic) bond motifs is 1. The molecular weight excluding hydrogens is 254 g/mol. The normalized spacial score (nSPS) is 24.0. The second kappa shape index (κ2) is 5.62. The van der Waals surface area contributed by atoms with E-state index in [1.165, 1.54) is 5.56 Å². The molecule has 0 radical (unpaired) electrons. The SMILES string of the molecule is CCNC1CC2(CCOCC2)Oc2ccc(OC)cc21. The second-order valence-corrected chi connectivity index (χ2v) is 5.62. The number of nitrogens with one attached hydrogen (secondary N) is 1. The predicted octanol–water partition coefficient (Wildman–Crippen LogP) is 2.68. The van der Waals surface area contributed by atoms with Gasteiger partial charge in [0.2, 0.25) is 0 Å². The highest BCUT2D eigenvalue weighted by molar-refractivity contribution is 5.44. The fourth-order valence-electron chi connectivity index (χ4n) is 3.25. The van der Waals surface area contributed by atoms with Crippen LogP contribution in [0.2, 0.25) is 0 Å². The molecule has 110 valence electrons. The van der Waals surface area contributed by atoms with Crippen LogP contribution in [0.1, 0.15) is 37.8 Å². The zero-order chi connectivity index (χ0) is 14.0. The maximum Gasteiger partial charge on any atom is 0.125 e. The average molecular weight is 277 g/mol. The average Bonchev–Trinajstić information content (AvgIpc) is 2.48. The van der Waals surface area contributed by atoms with Gasteiger partial charge in [-0.2, -0.15) is 0 Å². The van der Waals surface area contributed by atoms with Crippen LogP contribution in [0.25, 0.3) is 0 Å². The summed E-state index contributed by atoms with van der Waals surface area (Å²) < 4.78 is 17.2. The van der Waals surface area contributed by atoms with Crippen molar-refractivity contribution in [1.82, 2.24) is 5.32 Å².